The van der Waals surface area contributed by atoms with Gasteiger partial charge < -0.3 is 20.7 Å². The maximum Gasteiger partial charge on any atom is 0.240 e. The van der Waals surface area contributed by atoms with Crippen molar-refractivity contribution in [2.45, 2.75) is 25.7 Å². The Morgan fingerprint density at radius 3 is 2.47 bits per heavy atom. The molecule has 0 bridgehead atoms. The zero-order chi connectivity index (χ0) is 26.3. The van der Waals surface area contributed by atoms with E-state index in [0.717, 1.165) is 18.9 Å². The van der Waals surface area contributed by atoms with Gasteiger partial charge in [0.2, 0.25) is 23.6 Å². The molecule has 11 nitrogen and oxygen atoms in total. The molecule has 0 spiro atoms. The summed E-state index contributed by atoms with van der Waals surface area (Å²) in [7, 11) is 0. The van der Waals surface area contributed by atoms with E-state index >= 15 is 0 Å². The van der Waals surface area contributed by atoms with E-state index in [1.165, 1.54) is 28.9 Å². The number of carbonyl (C=O) groups is 3. The SMILES string of the molecule is O=C(Nc1cn2nc(Oc3ccc(NC(=O)C4(C(=O)Nc5cccnc5)CC4)cc3F)ccc2n1)C1CC1. The number of benzene rings is 1. The Morgan fingerprint density at radius 1 is 1.00 bits per heavy atom. The van der Waals surface area contributed by atoms with E-state index in [1.54, 1.807) is 30.6 Å². The standard InChI is InChI=1S/C26H22FN7O4/c27-18-12-16(29-24(36)26(9-10-26)25(37)30-17-2-1-11-28-13-17)5-6-19(18)38-22-8-7-21-31-20(14-34(21)33-22)32-23(35)15-3-4-15/h1-2,5-8,11-15H,3-4,9-10H2,(H,29,36)(H,30,37)(H,32,35). The molecule has 4 aromatic rings. The first-order chi connectivity index (χ1) is 18.4. The number of hydrogen-bond donors (Lipinski definition) is 3. The van der Waals surface area contributed by atoms with Crippen LogP contribution in [0.25, 0.3) is 5.65 Å². The fraction of sp³-hybridized carbons (Fsp3) is 0.231. The van der Waals surface area contributed by atoms with Gasteiger partial charge in [-0.15, -0.1) is 5.10 Å². The van der Waals surface area contributed by atoms with Crippen molar-refractivity contribution in [3.05, 3.63) is 66.9 Å². The third-order valence-corrected chi connectivity index (χ3v) is 6.44. The Bertz CT molecular complexity index is 1560. The second-order valence-electron chi connectivity index (χ2n) is 9.34. The molecule has 12 heteroatoms. The number of imidazole rings is 1. The molecular formula is C26H22FN7O4. The maximum absolute atomic E-state index is 14.8. The van der Waals surface area contributed by atoms with Crippen molar-refractivity contribution in [1.29, 1.82) is 0 Å². The average molecular weight is 516 g/mol. The maximum atomic E-state index is 14.8. The fourth-order valence-electron chi connectivity index (χ4n) is 3.95. The third-order valence-electron chi connectivity index (χ3n) is 6.44. The number of amides is 3. The van der Waals surface area contributed by atoms with E-state index in [9.17, 15) is 18.8 Å². The Hall–Kier alpha value is -4.87. The quantitative estimate of drug-likeness (QED) is 0.304. The van der Waals surface area contributed by atoms with Crippen molar-refractivity contribution in [3.63, 3.8) is 0 Å². The van der Waals surface area contributed by atoms with Gasteiger partial charge in [0.25, 0.3) is 0 Å². The molecule has 2 fully saturated rings. The van der Waals surface area contributed by atoms with Crippen LogP contribution in [0.2, 0.25) is 0 Å². The summed E-state index contributed by atoms with van der Waals surface area (Å²) in [5, 5.41) is 12.3. The number of ether oxygens (including phenoxy) is 1. The van der Waals surface area contributed by atoms with E-state index in [-0.39, 0.29) is 29.1 Å². The number of halogens is 1. The van der Waals surface area contributed by atoms with Crippen molar-refractivity contribution >= 4 is 40.6 Å². The molecular weight excluding hydrogens is 493 g/mol. The molecule has 38 heavy (non-hydrogen) atoms. The summed E-state index contributed by atoms with van der Waals surface area (Å²) in [5.41, 5.74) is -0.0356. The molecule has 1 aromatic carbocycles. The average Bonchev–Trinajstić information content (AvgIpc) is 3.82. The predicted molar refractivity (Wildman–Crippen MR) is 134 cm³/mol. The topological polar surface area (TPSA) is 140 Å². The number of anilines is 3. The highest BCUT2D eigenvalue weighted by molar-refractivity contribution is 6.16. The van der Waals surface area contributed by atoms with Crippen molar-refractivity contribution in [1.82, 2.24) is 19.6 Å². The van der Waals surface area contributed by atoms with Crippen LogP contribution in [0.4, 0.5) is 21.6 Å². The van der Waals surface area contributed by atoms with E-state index in [1.807, 2.05) is 0 Å². The smallest absolute Gasteiger partial charge is 0.240 e. The summed E-state index contributed by atoms with van der Waals surface area (Å²) in [4.78, 5) is 45.8. The first-order valence-corrected chi connectivity index (χ1v) is 12.1. The van der Waals surface area contributed by atoms with Crippen LogP contribution in [-0.4, -0.2) is 37.3 Å². The Balaban J connectivity index is 1.11. The highest BCUT2D eigenvalue weighted by Gasteiger charge is 2.56. The van der Waals surface area contributed by atoms with Gasteiger partial charge in [0.1, 0.15) is 5.41 Å². The van der Waals surface area contributed by atoms with Crippen LogP contribution in [-0.2, 0) is 14.4 Å². The number of nitrogens with zero attached hydrogens (tertiary/aromatic N) is 4. The van der Waals surface area contributed by atoms with Crippen LogP contribution in [0.1, 0.15) is 25.7 Å². The van der Waals surface area contributed by atoms with Crippen LogP contribution in [0.3, 0.4) is 0 Å². The number of aromatic nitrogens is 4. The van der Waals surface area contributed by atoms with Gasteiger partial charge in [-0.25, -0.2) is 13.9 Å². The summed E-state index contributed by atoms with van der Waals surface area (Å²) in [6, 6.07) is 10.5. The number of rotatable bonds is 8. The van der Waals surface area contributed by atoms with Crippen LogP contribution in [0.5, 0.6) is 11.6 Å². The molecule has 3 amide bonds. The van der Waals surface area contributed by atoms with Gasteiger partial charge in [0.05, 0.1) is 18.1 Å². The minimum Gasteiger partial charge on any atom is -0.434 e. The number of pyridine rings is 1. The summed E-state index contributed by atoms with van der Waals surface area (Å²) >= 11 is 0. The normalized spacial score (nSPS) is 15.5. The molecule has 0 atom stereocenters. The van der Waals surface area contributed by atoms with E-state index in [4.69, 9.17) is 4.74 Å². The lowest BCUT2D eigenvalue weighted by Gasteiger charge is -2.16. The summed E-state index contributed by atoms with van der Waals surface area (Å²) in [6.07, 6.45) is 7.17. The Labute approximate surface area is 215 Å². The van der Waals surface area contributed by atoms with Crippen LogP contribution >= 0.6 is 0 Å². The minimum absolute atomic E-state index is 0.0428. The summed E-state index contributed by atoms with van der Waals surface area (Å²) < 4.78 is 21.9. The Morgan fingerprint density at radius 2 is 1.79 bits per heavy atom. The molecule has 0 unspecified atom stereocenters. The van der Waals surface area contributed by atoms with E-state index in [0.29, 0.717) is 30.0 Å². The highest BCUT2D eigenvalue weighted by Crippen LogP contribution is 2.47. The van der Waals surface area contributed by atoms with E-state index in [2.05, 4.69) is 31.0 Å². The van der Waals surface area contributed by atoms with Gasteiger partial charge in [-0.05, 0) is 56.0 Å². The second kappa shape index (κ2) is 9.21. The molecule has 6 rings (SSSR count). The minimum atomic E-state index is -1.21. The third kappa shape index (κ3) is 4.75. The van der Waals surface area contributed by atoms with Crippen LogP contribution in [0, 0.1) is 17.2 Å². The van der Waals surface area contributed by atoms with Gasteiger partial charge in [0, 0.05) is 29.9 Å². The molecule has 2 aliphatic rings. The predicted octanol–water partition coefficient (Wildman–Crippen LogP) is 3.76. The molecule has 3 N–H and O–H groups in total. The lowest BCUT2D eigenvalue weighted by Crippen LogP contribution is -2.35. The first-order valence-electron chi connectivity index (χ1n) is 12.1. The molecule has 2 saturated carbocycles. The molecule has 2 aliphatic carbocycles. The molecule has 3 heterocycles. The van der Waals surface area contributed by atoms with Gasteiger partial charge in [-0.3, -0.25) is 19.4 Å². The highest BCUT2D eigenvalue weighted by atomic mass is 19.1. The van der Waals surface area contributed by atoms with Gasteiger partial charge >= 0.3 is 0 Å². The first kappa shape index (κ1) is 23.5. The molecule has 3 aromatic heterocycles. The Kier molecular flexibility index (Phi) is 5.70. The number of hydrogen-bond acceptors (Lipinski definition) is 7. The summed E-state index contributed by atoms with van der Waals surface area (Å²) in [6.45, 7) is 0. The second-order valence-corrected chi connectivity index (χ2v) is 9.34. The van der Waals surface area contributed by atoms with Gasteiger partial charge in [-0.1, -0.05) is 0 Å². The van der Waals surface area contributed by atoms with Crippen molar-refractivity contribution < 1.29 is 23.5 Å². The largest absolute Gasteiger partial charge is 0.434 e. The monoisotopic (exact) mass is 515 g/mol. The van der Waals surface area contributed by atoms with Gasteiger partial charge in [0.15, 0.2) is 23.0 Å². The molecule has 192 valence electrons. The lowest BCUT2D eigenvalue weighted by atomic mass is 10.0. The van der Waals surface area contributed by atoms with Gasteiger partial charge in [-0.2, -0.15) is 0 Å². The zero-order valence-corrected chi connectivity index (χ0v) is 20.0. The van der Waals surface area contributed by atoms with Crippen LogP contribution in [0.15, 0.2) is 61.1 Å². The number of fused-ring (bicyclic) bond motifs is 1. The fourth-order valence-corrected chi connectivity index (χ4v) is 3.95. The molecule has 0 aliphatic heterocycles. The van der Waals surface area contributed by atoms with Crippen LogP contribution < -0.4 is 20.7 Å². The van der Waals surface area contributed by atoms with E-state index < -0.39 is 23.0 Å². The molecule has 0 saturated heterocycles. The number of nitrogens with one attached hydrogen (secondary N) is 3. The lowest BCUT2D eigenvalue weighted by molar-refractivity contribution is -0.131. The summed E-state index contributed by atoms with van der Waals surface area (Å²) in [5.74, 6) is -1.31. The zero-order valence-electron chi connectivity index (χ0n) is 20.0. The van der Waals surface area contributed by atoms with Crippen molar-refractivity contribution in [2.75, 3.05) is 16.0 Å². The van der Waals surface area contributed by atoms with Crippen molar-refractivity contribution in [2.24, 2.45) is 11.3 Å². The van der Waals surface area contributed by atoms with Crippen molar-refractivity contribution in [3.8, 4) is 11.6 Å². The molecule has 0 radical (unpaired) electrons. The number of carbonyl (C=O) groups excluding carboxylic acids is 3.